The first kappa shape index (κ1) is 15.4. The highest BCUT2D eigenvalue weighted by Crippen LogP contribution is 2.37. The molecule has 112 valence electrons. The van der Waals surface area contributed by atoms with Crippen LogP contribution in [0.2, 0.25) is 0 Å². The van der Waals surface area contributed by atoms with Crippen LogP contribution in [-0.2, 0) is 0 Å². The second-order valence-electron chi connectivity index (χ2n) is 4.02. The van der Waals surface area contributed by atoms with E-state index in [2.05, 4.69) is 0 Å². The van der Waals surface area contributed by atoms with Crippen LogP contribution in [0.4, 0.5) is 17.1 Å². The molecule has 0 N–H and O–H groups in total. The van der Waals surface area contributed by atoms with Gasteiger partial charge in [0, 0.05) is 23.1 Å². The Morgan fingerprint density at radius 1 is 0.773 bits per heavy atom. The van der Waals surface area contributed by atoms with Gasteiger partial charge in [-0.15, -0.1) is 0 Å². The van der Waals surface area contributed by atoms with E-state index in [1.54, 1.807) is 6.07 Å². The van der Waals surface area contributed by atoms with E-state index in [9.17, 15) is 30.3 Å². The van der Waals surface area contributed by atoms with Crippen molar-refractivity contribution in [1.82, 2.24) is 0 Å². The molecule has 0 spiro atoms. The van der Waals surface area contributed by atoms with Crippen LogP contribution in [0.15, 0.2) is 52.3 Å². The van der Waals surface area contributed by atoms with Gasteiger partial charge in [-0.1, -0.05) is 17.8 Å². The van der Waals surface area contributed by atoms with Gasteiger partial charge in [0.1, 0.15) is 0 Å². The van der Waals surface area contributed by atoms with Crippen molar-refractivity contribution >= 4 is 28.8 Å². The quantitative estimate of drug-likeness (QED) is 0.607. The Morgan fingerprint density at radius 2 is 1.41 bits per heavy atom. The molecule has 2 rings (SSSR count). The Balaban J connectivity index is 2.41. The number of benzene rings is 2. The van der Waals surface area contributed by atoms with Crippen molar-refractivity contribution in [2.45, 2.75) is 9.79 Å². The highest BCUT2D eigenvalue weighted by atomic mass is 32.2. The van der Waals surface area contributed by atoms with Gasteiger partial charge in [-0.05, 0) is 12.1 Å². The second-order valence-corrected chi connectivity index (χ2v) is 5.14. The summed E-state index contributed by atoms with van der Waals surface area (Å²) in [6.45, 7) is 0. The van der Waals surface area contributed by atoms with Gasteiger partial charge in [-0.2, -0.15) is 0 Å². The van der Waals surface area contributed by atoms with Crippen LogP contribution in [-0.4, -0.2) is 14.8 Å². The predicted octanol–water partition coefficient (Wildman–Crippen LogP) is 3.56. The van der Waals surface area contributed by atoms with Crippen molar-refractivity contribution in [3.63, 3.8) is 0 Å². The lowest BCUT2D eigenvalue weighted by atomic mass is 10.3. The van der Waals surface area contributed by atoms with E-state index in [0.29, 0.717) is 4.90 Å². The summed E-state index contributed by atoms with van der Waals surface area (Å²) >= 11 is 0.926. The van der Waals surface area contributed by atoms with Crippen molar-refractivity contribution in [2.75, 3.05) is 0 Å². The molecule has 0 saturated heterocycles. The minimum atomic E-state index is -0.729. The number of rotatable bonds is 5. The maximum atomic E-state index is 11.0. The van der Waals surface area contributed by atoms with E-state index < -0.39 is 26.1 Å². The van der Waals surface area contributed by atoms with Gasteiger partial charge in [0.05, 0.1) is 25.7 Å². The van der Waals surface area contributed by atoms with Crippen LogP contribution < -0.4 is 0 Å². The molecule has 0 atom stereocenters. The molecular formula is C12H7N3O6S. The number of nitro benzene ring substituents is 3. The van der Waals surface area contributed by atoms with Gasteiger partial charge in [-0.25, -0.2) is 0 Å². The molecule has 0 heterocycles. The van der Waals surface area contributed by atoms with Gasteiger partial charge in [0.15, 0.2) is 0 Å². The Morgan fingerprint density at radius 3 is 2.00 bits per heavy atom. The number of nitrogens with zero attached hydrogens (tertiary/aromatic N) is 3. The summed E-state index contributed by atoms with van der Waals surface area (Å²) in [5, 5.41) is 32.4. The molecule has 0 radical (unpaired) electrons. The van der Waals surface area contributed by atoms with Crippen molar-refractivity contribution in [1.29, 1.82) is 0 Å². The highest BCUT2D eigenvalue weighted by molar-refractivity contribution is 7.99. The minimum absolute atomic E-state index is 0.144. The fourth-order valence-electron chi connectivity index (χ4n) is 1.64. The number of hydrogen-bond acceptors (Lipinski definition) is 7. The molecule has 10 heteroatoms. The van der Waals surface area contributed by atoms with E-state index in [0.717, 1.165) is 23.9 Å². The Labute approximate surface area is 127 Å². The summed E-state index contributed by atoms with van der Waals surface area (Å²) in [4.78, 5) is 31.0. The first-order chi connectivity index (χ1) is 10.4. The average molecular weight is 321 g/mol. The molecule has 0 fully saturated rings. The number of non-ortho nitro benzene ring substituents is 2. The SMILES string of the molecule is O=[N+]([O-])c1cccc(Sc2ccc([N+](=O)[O-])cc2[N+](=O)[O-])c1. The molecule has 0 amide bonds. The summed E-state index contributed by atoms with van der Waals surface area (Å²) in [6, 6.07) is 8.84. The first-order valence-corrected chi connectivity index (χ1v) is 6.55. The topological polar surface area (TPSA) is 129 Å². The Hall–Kier alpha value is -3.01. The lowest BCUT2D eigenvalue weighted by Crippen LogP contribution is -1.94. The van der Waals surface area contributed by atoms with E-state index in [1.165, 1.54) is 24.3 Å². The predicted molar refractivity (Wildman–Crippen MR) is 77.0 cm³/mol. The van der Waals surface area contributed by atoms with E-state index in [4.69, 9.17) is 0 Å². The summed E-state index contributed by atoms with van der Waals surface area (Å²) in [6.07, 6.45) is 0. The van der Waals surface area contributed by atoms with Crippen LogP contribution in [0.25, 0.3) is 0 Å². The fourth-order valence-corrected chi connectivity index (χ4v) is 2.59. The van der Waals surface area contributed by atoms with Crippen LogP contribution >= 0.6 is 11.8 Å². The average Bonchev–Trinajstić information content (AvgIpc) is 2.47. The maximum Gasteiger partial charge on any atom is 0.290 e. The molecule has 2 aromatic carbocycles. The van der Waals surface area contributed by atoms with Crippen LogP contribution in [0.5, 0.6) is 0 Å². The fraction of sp³-hybridized carbons (Fsp3) is 0. The molecule has 9 nitrogen and oxygen atoms in total. The van der Waals surface area contributed by atoms with E-state index in [1.807, 2.05) is 0 Å². The largest absolute Gasteiger partial charge is 0.290 e. The first-order valence-electron chi connectivity index (χ1n) is 5.73. The molecule has 0 aromatic heterocycles. The van der Waals surface area contributed by atoms with Gasteiger partial charge in [-0.3, -0.25) is 30.3 Å². The molecule has 0 unspecified atom stereocenters. The van der Waals surface area contributed by atoms with Crippen LogP contribution in [0.1, 0.15) is 0 Å². The molecule has 0 bridgehead atoms. The number of nitro groups is 3. The van der Waals surface area contributed by atoms with Crippen molar-refractivity contribution in [3.05, 3.63) is 72.8 Å². The summed E-state index contributed by atoms with van der Waals surface area (Å²) in [5.74, 6) is 0. The smallest absolute Gasteiger partial charge is 0.258 e. The zero-order valence-corrected chi connectivity index (χ0v) is 11.6. The third kappa shape index (κ3) is 3.35. The minimum Gasteiger partial charge on any atom is -0.258 e. The third-order valence-electron chi connectivity index (χ3n) is 2.61. The molecule has 0 saturated carbocycles. The molecule has 22 heavy (non-hydrogen) atoms. The van der Waals surface area contributed by atoms with Crippen molar-refractivity contribution < 1.29 is 14.8 Å². The molecular weight excluding hydrogens is 314 g/mol. The van der Waals surface area contributed by atoms with Crippen molar-refractivity contribution in [2.24, 2.45) is 0 Å². The van der Waals surface area contributed by atoms with Crippen LogP contribution in [0, 0.1) is 30.3 Å². The zero-order chi connectivity index (χ0) is 16.3. The van der Waals surface area contributed by atoms with Gasteiger partial charge < -0.3 is 0 Å². The lowest BCUT2D eigenvalue weighted by Gasteiger charge is -2.03. The molecule has 0 aliphatic heterocycles. The third-order valence-corrected chi connectivity index (χ3v) is 3.66. The van der Waals surface area contributed by atoms with Crippen LogP contribution in [0.3, 0.4) is 0 Å². The number of hydrogen-bond donors (Lipinski definition) is 0. The second kappa shape index (κ2) is 6.18. The van der Waals surface area contributed by atoms with Gasteiger partial charge in [0.2, 0.25) is 0 Å². The van der Waals surface area contributed by atoms with Crippen molar-refractivity contribution in [3.8, 4) is 0 Å². The van der Waals surface area contributed by atoms with Gasteiger partial charge >= 0.3 is 0 Å². The summed E-state index contributed by atoms with van der Waals surface area (Å²) < 4.78 is 0. The maximum absolute atomic E-state index is 11.0. The van der Waals surface area contributed by atoms with E-state index in [-0.39, 0.29) is 10.6 Å². The lowest BCUT2D eigenvalue weighted by molar-refractivity contribution is -0.396. The summed E-state index contributed by atoms with van der Waals surface area (Å²) in [5.41, 5.74) is -0.963. The summed E-state index contributed by atoms with van der Waals surface area (Å²) in [7, 11) is 0. The standard InChI is InChI=1S/C12H7N3O6S/c16-13(17)8-2-1-3-10(6-8)22-12-5-4-9(14(18)19)7-11(12)15(20)21/h1-7H. The molecule has 2 aromatic rings. The van der Waals surface area contributed by atoms with Gasteiger partial charge in [0.25, 0.3) is 17.1 Å². The normalized spacial score (nSPS) is 10.2. The molecule has 0 aliphatic rings. The highest BCUT2D eigenvalue weighted by Gasteiger charge is 2.20. The monoisotopic (exact) mass is 321 g/mol. The Bertz CT molecular complexity index is 779. The molecule has 0 aliphatic carbocycles. The Kier molecular flexibility index (Phi) is 4.32. The zero-order valence-electron chi connectivity index (χ0n) is 10.7. The van der Waals surface area contributed by atoms with E-state index >= 15 is 0 Å².